The summed E-state index contributed by atoms with van der Waals surface area (Å²) in [4.78, 5) is 29.3. The van der Waals surface area contributed by atoms with E-state index in [0.717, 1.165) is 28.7 Å². The molecule has 5 rings (SSSR count). The van der Waals surface area contributed by atoms with Gasteiger partial charge in [0.05, 0.1) is 17.1 Å². The summed E-state index contributed by atoms with van der Waals surface area (Å²) < 4.78 is 7.84. The van der Waals surface area contributed by atoms with Crippen molar-refractivity contribution in [2.75, 3.05) is 26.2 Å². The van der Waals surface area contributed by atoms with Crippen molar-refractivity contribution < 1.29 is 14.1 Å². The van der Waals surface area contributed by atoms with Gasteiger partial charge in [0.25, 0.3) is 11.8 Å². The lowest BCUT2D eigenvalue weighted by atomic mass is 10.1. The van der Waals surface area contributed by atoms with Crippen LogP contribution in [0, 0.1) is 6.92 Å². The summed E-state index contributed by atoms with van der Waals surface area (Å²) in [5.41, 5.74) is 2.84. The van der Waals surface area contributed by atoms with Crippen LogP contribution in [0.15, 0.2) is 39.3 Å². The van der Waals surface area contributed by atoms with Crippen LogP contribution in [0.25, 0.3) is 5.69 Å². The summed E-state index contributed by atoms with van der Waals surface area (Å²) >= 11 is 3.45. The van der Waals surface area contributed by atoms with E-state index in [2.05, 4.69) is 31.4 Å². The molecule has 0 unspecified atom stereocenters. The predicted octanol–water partition coefficient (Wildman–Crippen LogP) is 2.80. The number of carbonyl (C=O) groups is 2. The smallest absolute Gasteiger partial charge is 0.292 e. The number of amides is 2. The van der Waals surface area contributed by atoms with Crippen molar-refractivity contribution in [1.82, 2.24) is 30.0 Å². The van der Waals surface area contributed by atoms with Crippen LogP contribution in [0.1, 0.15) is 51.2 Å². The zero-order chi connectivity index (χ0) is 21.5. The normalized spacial score (nSPS) is 16.6. The molecule has 2 aliphatic rings. The average molecular weight is 485 g/mol. The molecule has 1 saturated heterocycles. The molecule has 0 bridgehead atoms. The lowest BCUT2D eigenvalue weighted by molar-refractivity contribution is 0.0509. The molecule has 0 atom stereocenters. The number of benzene rings is 1. The number of rotatable bonds is 4. The maximum atomic E-state index is 13.3. The topological polar surface area (TPSA) is 97.4 Å². The van der Waals surface area contributed by atoms with Gasteiger partial charge in [-0.1, -0.05) is 26.3 Å². The van der Waals surface area contributed by atoms with Gasteiger partial charge in [0.15, 0.2) is 5.69 Å². The minimum absolute atomic E-state index is 0.132. The van der Waals surface area contributed by atoms with E-state index in [1.807, 2.05) is 24.3 Å². The highest BCUT2D eigenvalue weighted by Gasteiger charge is 2.36. The van der Waals surface area contributed by atoms with E-state index in [-0.39, 0.29) is 17.6 Å². The van der Waals surface area contributed by atoms with Crippen LogP contribution in [-0.4, -0.2) is 67.9 Å². The fraction of sp³-hybridized carbons (Fsp3) is 0.381. The van der Waals surface area contributed by atoms with Crippen molar-refractivity contribution in [3.8, 4) is 5.69 Å². The molecule has 1 aromatic carbocycles. The number of aryl methyl sites for hydroxylation is 1. The summed E-state index contributed by atoms with van der Waals surface area (Å²) in [5.74, 6) is 0.196. The molecule has 2 amide bonds. The highest BCUT2D eigenvalue weighted by molar-refractivity contribution is 9.10. The van der Waals surface area contributed by atoms with Gasteiger partial charge >= 0.3 is 0 Å². The predicted molar refractivity (Wildman–Crippen MR) is 114 cm³/mol. The fourth-order valence-corrected chi connectivity index (χ4v) is 4.08. The Bertz CT molecular complexity index is 1130. The minimum Gasteiger partial charge on any atom is -0.351 e. The molecule has 2 aromatic heterocycles. The van der Waals surface area contributed by atoms with Gasteiger partial charge < -0.3 is 14.3 Å². The first kappa shape index (κ1) is 19.9. The third-order valence-corrected chi connectivity index (χ3v) is 6.16. The molecule has 2 fully saturated rings. The van der Waals surface area contributed by atoms with Crippen molar-refractivity contribution in [3.63, 3.8) is 0 Å². The third-order valence-electron chi connectivity index (χ3n) is 5.64. The molecule has 0 spiro atoms. The van der Waals surface area contributed by atoms with Gasteiger partial charge in [0.1, 0.15) is 0 Å². The summed E-state index contributed by atoms with van der Waals surface area (Å²) in [7, 11) is 0. The van der Waals surface area contributed by atoms with Crippen LogP contribution >= 0.6 is 15.9 Å². The van der Waals surface area contributed by atoms with Crippen LogP contribution in [0.3, 0.4) is 0 Å². The van der Waals surface area contributed by atoms with Crippen LogP contribution in [0.2, 0.25) is 0 Å². The van der Waals surface area contributed by atoms with E-state index in [4.69, 9.17) is 4.52 Å². The number of hydrogen-bond acceptors (Lipinski definition) is 6. The van der Waals surface area contributed by atoms with E-state index in [9.17, 15) is 9.59 Å². The van der Waals surface area contributed by atoms with Crippen LogP contribution in [0.5, 0.6) is 0 Å². The standard InChI is InChI=1S/C21H21BrN6O3/c1-13-12-17(31-24-13)20(29)26-8-10-27(11-9-26)21(30)18-19(14-2-3-14)28(25-23-18)16-6-4-15(22)5-7-16/h4-7,12,14H,2-3,8-11H2,1H3. The van der Waals surface area contributed by atoms with Gasteiger partial charge in [-0.05, 0) is 44.0 Å². The van der Waals surface area contributed by atoms with E-state index in [1.54, 1.807) is 27.5 Å². The largest absolute Gasteiger partial charge is 0.351 e. The van der Waals surface area contributed by atoms with Gasteiger partial charge in [-0.25, -0.2) is 4.68 Å². The SMILES string of the molecule is Cc1cc(C(=O)N2CCN(C(=O)c3nnn(-c4ccc(Br)cc4)c3C3CC3)CC2)on1. The van der Waals surface area contributed by atoms with Crippen molar-refractivity contribution in [3.05, 3.63) is 57.6 Å². The Labute approximate surface area is 187 Å². The zero-order valence-corrected chi connectivity index (χ0v) is 18.6. The summed E-state index contributed by atoms with van der Waals surface area (Å²) in [5, 5.41) is 12.3. The van der Waals surface area contributed by atoms with Gasteiger partial charge in [-0.3, -0.25) is 9.59 Å². The Morgan fingerprint density at radius 3 is 2.26 bits per heavy atom. The Hall–Kier alpha value is -3.01. The van der Waals surface area contributed by atoms with Crippen molar-refractivity contribution in [1.29, 1.82) is 0 Å². The molecule has 10 heteroatoms. The molecular weight excluding hydrogens is 464 g/mol. The van der Waals surface area contributed by atoms with E-state index in [0.29, 0.717) is 43.5 Å². The molecule has 3 heterocycles. The second-order valence-electron chi connectivity index (χ2n) is 7.90. The monoisotopic (exact) mass is 484 g/mol. The summed E-state index contributed by atoms with van der Waals surface area (Å²) in [6.45, 7) is 3.52. The van der Waals surface area contributed by atoms with Crippen LogP contribution in [-0.2, 0) is 0 Å². The lowest BCUT2D eigenvalue weighted by Crippen LogP contribution is -2.50. The highest BCUT2D eigenvalue weighted by Crippen LogP contribution is 2.42. The average Bonchev–Trinajstić information content (AvgIpc) is 3.38. The number of hydrogen-bond donors (Lipinski definition) is 0. The van der Waals surface area contributed by atoms with Gasteiger partial charge in [0.2, 0.25) is 5.76 Å². The van der Waals surface area contributed by atoms with Crippen molar-refractivity contribution in [2.45, 2.75) is 25.7 Å². The minimum atomic E-state index is -0.201. The van der Waals surface area contributed by atoms with E-state index in [1.165, 1.54) is 0 Å². The highest BCUT2D eigenvalue weighted by atomic mass is 79.9. The maximum absolute atomic E-state index is 13.3. The number of aromatic nitrogens is 4. The second kappa shape index (κ2) is 7.92. The third kappa shape index (κ3) is 3.87. The number of piperazine rings is 1. The Morgan fingerprint density at radius 1 is 1.03 bits per heavy atom. The molecule has 0 radical (unpaired) electrons. The Balaban J connectivity index is 1.32. The number of nitrogens with zero attached hydrogens (tertiary/aromatic N) is 6. The molecule has 9 nitrogen and oxygen atoms in total. The maximum Gasteiger partial charge on any atom is 0.292 e. The van der Waals surface area contributed by atoms with Gasteiger partial charge in [-0.2, -0.15) is 0 Å². The fourth-order valence-electron chi connectivity index (χ4n) is 3.82. The van der Waals surface area contributed by atoms with Crippen LogP contribution < -0.4 is 0 Å². The summed E-state index contributed by atoms with van der Waals surface area (Å²) in [6.07, 6.45) is 2.06. The van der Waals surface area contributed by atoms with Gasteiger partial charge in [0, 0.05) is 42.6 Å². The molecule has 1 aliphatic carbocycles. The Kier molecular flexibility index (Phi) is 5.09. The van der Waals surface area contributed by atoms with Gasteiger partial charge in [-0.15, -0.1) is 5.10 Å². The lowest BCUT2D eigenvalue weighted by Gasteiger charge is -2.34. The first-order valence-corrected chi connectivity index (χ1v) is 11.0. The van der Waals surface area contributed by atoms with Crippen molar-refractivity contribution >= 4 is 27.7 Å². The molecule has 1 saturated carbocycles. The first-order valence-electron chi connectivity index (χ1n) is 10.2. The quantitative estimate of drug-likeness (QED) is 0.564. The molecule has 3 aromatic rings. The zero-order valence-electron chi connectivity index (χ0n) is 17.0. The van der Waals surface area contributed by atoms with E-state index < -0.39 is 0 Å². The number of carbonyl (C=O) groups excluding carboxylic acids is 2. The molecule has 1 aliphatic heterocycles. The number of halogens is 1. The second-order valence-corrected chi connectivity index (χ2v) is 8.82. The molecule has 0 N–H and O–H groups in total. The van der Waals surface area contributed by atoms with E-state index >= 15 is 0 Å². The molecular formula is C21H21BrN6O3. The summed E-state index contributed by atoms with van der Waals surface area (Å²) in [6, 6.07) is 9.42. The molecule has 31 heavy (non-hydrogen) atoms. The van der Waals surface area contributed by atoms with Crippen LogP contribution in [0.4, 0.5) is 0 Å². The van der Waals surface area contributed by atoms with Crippen molar-refractivity contribution in [2.24, 2.45) is 0 Å². The Morgan fingerprint density at radius 2 is 1.68 bits per heavy atom. The first-order chi connectivity index (χ1) is 15.0. The molecule has 160 valence electrons.